The van der Waals surface area contributed by atoms with E-state index in [1.165, 1.54) is 154 Å². The van der Waals surface area contributed by atoms with E-state index in [0.717, 1.165) is 11.8 Å². The van der Waals surface area contributed by atoms with Crippen LogP contribution in [0.15, 0.2) is 0 Å². The summed E-state index contributed by atoms with van der Waals surface area (Å²) < 4.78 is 0. The van der Waals surface area contributed by atoms with Crippen molar-refractivity contribution in [1.29, 1.82) is 0 Å². The summed E-state index contributed by atoms with van der Waals surface area (Å²) in [5.74, 6) is 1.91. The molecule has 0 saturated carbocycles. The molecule has 30 heavy (non-hydrogen) atoms. The first-order valence-electron chi connectivity index (χ1n) is 14.7. The highest BCUT2D eigenvalue weighted by Crippen LogP contribution is 2.22. The van der Waals surface area contributed by atoms with Gasteiger partial charge in [0.1, 0.15) is 0 Å². The van der Waals surface area contributed by atoms with E-state index in [1.807, 2.05) is 0 Å². The number of hydrogen-bond donors (Lipinski definition) is 0. The molecule has 0 aromatic carbocycles. The molecule has 0 N–H and O–H groups in total. The van der Waals surface area contributed by atoms with Crippen molar-refractivity contribution in [1.82, 2.24) is 0 Å². The second-order valence-electron chi connectivity index (χ2n) is 10.7. The van der Waals surface area contributed by atoms with Crippen molar-refractivity contribution < 1.29 is 0 Å². The summed E-state index contributed by atoms with van der Waals surface area (Å²) >= 11 is 0. The Morgan fingerprint density at radius 2 is 0.533 bits per heavy atom. The van der Waals surface area contributed by atoms with Crippen molar-refractivity contribution in [2.24, 2.45) is 11.8 Å². The van der Waals surface area contributed by atoms with E-state index in [0.29, 0.717) is 0 Å². The minimum Gasteiger partial charge on any atom is -0.0654 e. The monoisotopic (exact) mass is 422 g/mol. The third-order valence-corrected chi connectivity index (χ3v) is 7.24. The Balaban J connectivity index is 3.27. The summed E-state index contributed by atoms with van der Waals surface area (Å²) in [4.78, 5) is 0. The van der Waals surface area contributed by atoms with Crippen molar-refractivity contribution in [3.63, 3.8) is 0 Å². The van der Waals surface area contributed by atoms with Crippen LogP contribution in [-0.2, 0) is 0 Å². The van der Waals surface area contributed by atoms with Crippen LogP contribution in [0.3, 0.4) is 0 Å². The van der Waals surface area contributed by atoms with Crippen LogP contribution in [0.1, 0.15) is 182 Å². The third-order valence-electron chi connectivity index (χ3n) is 7.24. The summed E-state index contributed by atoms with van der Waals surface area (Å²) in [5, 5.41) is 0. The van der Waals surface area contributed by atoms with Gasteiger partial charge in [-0.3, -0.25) is 0 Å². The van der Waals surface area contributed by atoms with Gasteiger partial charge in [0.25, 0.3) is 0 Å². The Labute approximate surface area is 193 Å². The quantitative estimate of drug-likeness (QED) is 0.128. The third kappa shape index (κ3) is 24.3. The Morgan fingerprint density at radius 1 is 0.300 bits per heavy atom. The van der Waals surface area contributed by atoms with E-state index in [9.17, 15) is 0 Å². The van der Waals surface area contributed by atoms with Gasteiger partial charge in [-0.05, 0) is 11.8 Å². The first-order valence-corrected chi connectivity index (χ1v) is 14.7. The van der Waals surface area contributed by atoms with E-state index < -0.39 is 0 Å². The van der Waals surface area contributed by atoms with Crippen molar-refractivity contribution in [3.05, 3.63) is 0 Å². The second-order valence-corrected chi connectivity index (χ2v) is 10.7. The van der Waals surface area contributed by atoms with Crippen LogP contribution in [-0.4, -0.2) is 0 Å². The lowest BCUT2D eigenvalue weighted by atomic mass is 9.92. The highest BCUT2D eigenvalue weighted by atomic mass is 14.1. The zero-order valence-corrected chi connectivity index (χ0v) is 22.1. The molecule has 0 aliphatic rings. The Bertz CT molecular complexity index is 294. The van der Waals surface area contributed by atoms with E-state index in [2.05, 4.69) is 27.7 Å². The lowest BCUT2D eigenvalue weighted by Gasteiger charge is -2.14. The predicted octanol–water partition coefficient (Wildman–Crippen LogP) is 11.7. The summed E-state index contributed by atoms with van der Waals surface area (Å²) in [7, 11) is 0. The second kappa shape index (κ2) is 25.3. The van der Waals surface area contributed by atoms with Crippen LogP contribution in [0.4, 0.5) is 0 Å². The number of unbranched alkanes of at least 4 members (excludes halogenated alkanes) is 17. The topological polar surface area (TPSA) is 0 Å². The van der Waals surface area contributed by atoms with Gasteiger partial charge in [0, 0.05) is 0 Å². The zero-order valence-electron chi connectivity index (χ0n) is 22.1. The van der Waals surface area contributed by atoms with Gasteiger partial charge in [-0.2, -0.15) is 0 Å². The van der Waals surface area contributed by atoms with Crippen LogP contribution in [0, 0.1) is 11.8 Å². The molecule has 0 fully saturated rings. The molecule has 0 radical (unpaired) electrons. The van der Waals surface area contributed by atoms with Crippen molar-refractivity contribution in [3.8, 4) is 0 Å². The highest BCUT2D eigenvalue weighted by Gasteiger charge is 2.06. The Morgan fingerprint density at radius 3 is 0.833 bits per heavy atom. The standard InChI is InChI=1S/C30H62/c1-5-7-9-11-13-15-16-17-19-21-23-26-30(4)28-24-27-29(3)25-22-20-18-14-12-10-8-6-2/h29-30H,5-28H2,1-4H3. The fraction of sp³-hybridized carbons (Fsp3) is 1.00. The predicted molar refractivity (Wildman–Crippen MR) is 140 cm³/mol. The molecular formula is C30H62. The summed E-state index contributed by atoms with van der Waals surface area (Å²) in [5.41, 5.74) is 0. The summed E-state index contributed by atoms with van der Waals surface area (Å²) in [6.45, 7) is 9.61. The molecule has 0 aromatic heterocycles. The Hall–Kier alpha value is 0. The smallest absolute Gasteiger partial charge is 0.0443 e. The molecule has 0 rings (SSSR count). The van der Waals surface area contributed by atoms with Crippen molar-refractivity contribution >= 4 is 0 Å². The molecule has 0 saturated heterocycles. The van der Waals surface area contributed by atoms with Crippen LogP contribution in [0.5, 0.6) is 0 Å². The SMILES string of the molecule is CCCCCCCCCCCCCC(C)CCCC(C)CCCCCCCCCC. The average molecular weight is 423 g/mol. The summed E-state index contributed by atoms with van der Waals surface area (Å²) in [6, 6.07) is 0. The fourth-order valence-corrected chi connectivity index (χ4v) is 4.89. The minimum absolute atomic E-state index is 0.957. The van der Waals surface area contributed by atoms with Crippen molar-refractivity contribution in [2.45, 2.75) is 182 Å². The molecule has 0 heteroatoms. The van der Waals surface area contributed by atoms with Gasteiger partial charge in [-0.15, -0.1) is 0 Å². The molecule has 0 heterocycles. The number of hydrogen-bond acceptors (Lipinski definition) is 0. The molecule has 0 spiro atoms. The number of rotatable bonds is 25. The first kappa shape index (κ1) is 30.0. The van der Waals surface area contributed by atoms with Crippen LogP contribution in [0.2, 0.25) is 0 Å². The molecule has 182 valence electrons. The lowest BCUT2D eigenvalue weighted by Crippen LogP contribution is -1.99. The molecule has 0 aliphatic heterocycles. The zero-order chi connectivity index (χ0) is 22.1. The van der Waals surface area contributed by atoms with E-state index in [-0.39, 0.29) is 0 Å². The van der Waals surface area contributed by atoms with Gasteiger partial charge in [0.15, 0.2) is 0 Å². The molecule has 0 amide bonds. The average Bonchev–Trinajstić information content (AvgIpc) is 2.74. The van der Waals surface area contributed by atoms with Gasteiger partial charge in [0.2, 0.25) is 0 Å². The lowest BCUT2D eigenvalue weighted by molar-refractivity contribution is 0.390. The van der Waals surface area contributed by atoms with E-state index in [1.54, 1.807) is 0 Å². The maximum atomic E-state index is 2.50. The molecule has 0 aliphatic carbocycles. The molecule has 2 unspecified atom stereocenters. The normalized spacial score (nSPS) is 13.6. The van der Waals surface area contributed by atoms with Gasteiger partial charge in [-0.1, -0.05) is 182 Å². The Kier molecular flexibility index (Phi) is 25.3. The van der Waals surface area contributed by atoms with E-state index >= 15 is 0 Å². The van der Waals surface area contributed by atoms with Crippen LogP contribution in [0.25, 0.3) is 0 Å². The molecule has 0 bridgehead atoms. The summed E-state index contributed by atoms with van der Waals surface area (Å²) in [6.07, 6.45) is 35.1. The van der Waals surface area contributed by atoms with Gasteiger partial charge < -0.3 is 0 Å². The van der Waals surface area contributed by atoms with Crippen LogP contribution >= 0.6 is 0 Å². The first-order chi connectivity index (χ1) is 14.7. The molecular weight excluding hydrogens is 360 g/mol. The molecule has 0 aromatic rings. The molecule has 2 atom stereocenters. The van der Waals surface area contributed by atoms with E-state index in [4.69, 9.17) is 0 Å². The maximum Gasteiger partial charge on any atom is -0.0443 e. The van der Waals surface area contributed by atoms with Gasteiger partial charge >= 0.3 is 0 Å². The van der Waals surface area contributed by atoms with Gasteiger partial charge in [-0.25, -0.2) is 0 Å². The van der Waals surface area contributed by atoms with Crippen LogP contribution < -0.4 is 0 Å². The maximum absolute atomic E-state index is 2.50. The minimum atomic E-state index is 0.957. The fourth-order valence-electron chi connectivity index (χ4n) is 4.89. The van der Waals surface area contributed by atoms with Gasteiger partial charge in [0.05, 0.1) is 0 Å². The highest BCUT2D eigenvalue weighted by molar-refractivity contribution is 4.59. The van der Waals surface area contributed by atoms with Crippen molar-refractivity contribution in [2.75, 3.05) is 0 Å². The largest absolute Gasteiger partial charge is 0.0654 e. The molecule has 0 nitrogen and oxygen atoms in total.